The number of rotatable bonds is 5. The Kier molecular flexibility index (Phi) is 6.96. The Morgan fingerprint density at radius 1 is 1.02 bits per heavy atom. The van der Waals surface area contributed by atoms with E-state index in [9.17, 15) is 34.5 Å². The van der Waals surface area contributed by atoms with Gasteiger partial charge in [0.15, 0.2) is 18.0 Å². The molecule has 252 valence electrons. The van der Waals surface area contributed by atoms with Gasteiger partial charge in [0.25, 0.3) is 0 Å². The zero-order chi connectivity index (χ0) is 33.3. The number of fused-ring (bicyclic) bond motifs is 1. The van der Waals surface area contributed by atoms with E-state index in [0.717, 1.165) is 19.4 Å². The summed E-state index contributed by atoms with van der Waals surface area (Å²) in [6, 6.07) is 1.80. The lowest BCUT2D eigenvalue weighted by atomic mass is 9.37. The van der Waals surface area contributed by atoms with E-state index in [1.807, 2.05) is 6.92 Å². The maximum atomic E-state index is 14.8. The number of hydrogen-bond acceptors (Lipinski definition) is 13. The third-order valence-corrected chi connectivity index (χ3v) is 12.6. The Hall–Kier alpha value is -2.84. The molecule has 2 saturated heterocycles. The van der Waals surface area contributed by atoms with Gasteiger partial charge in [-0.1, -0.05) is 20.8 Å². The number of furan rings is 1. The highest BCUT2D eigenvalue weighted by atomic mass is 16.7. The number of ether oxygens (including phenoxy) is 5. The molecular formula is C33H42O13. The van der Waals surface area contributed by atoms with Crippen molar-refractivity contribution in [2.24, 2.45) is 39.9 Å². The van der Waals surface area contributed by atoms with Crippen LogP contribution in [-0.4, -0.2) is 94.1 Å². The summed E-state index contributed by atoms with van der Waals surface area (Å²) in [7, 11) is 0. The zero-order valence-electron chi connectivity index (χ0n) is 26.7. The molecule has 1 aromatic heterocycles. The van der Waals surface area contributed by atoms with Crippen LogP contribution < -0.4 is 0 Å². The van der Waals surface area contributed by atoms with Crippen molar-refractivity contribution in [1.82, 2.24) is 0 Å². The maximum absolute atomic E-state index is 14.8. The lowest BCUT2D eigenvalue weighted by Crippen LogP contribution is -2.82. The SMILES string of the molecule is CC(=O)O[C@H]1[C@@H](OC(C)=O)[C@]2(C)C(OC(=O)C(C)C)OC[C@]3([C@H]4C(=O)[C@H](O)[C@@]5(C)[C@H](c6ccoc6)C[C@H]6O[C@]65C4[C@H](O)C[C@@H]23)[C@H]1O. The number of hydrogen-bond donors (Lipinski definition) is 3. The topological polar surface area (TPSA) is 192 Å². The Morgan fingerprint density at radius 3 is 2.33 bits per heavy atom. The molecule has 46 heavy (non-hydrogen) atoms. The Balaban J connectivity index is 1.40. The lowest BCUT2D eigenvalue weighted by Gasteiger charge is -2.71. The van der Waals surface area contributed by atoms with Crippen molar-refractivity contribution < 1.29 is 62.6 Å². The zero-order valence-corrected chi connectivity index (χ0v) is 26.7. The molecule has 4 aliphatic carbocycles. The van der Waals surface area contributed by atoms with E-state index < -0.39 is 106 Å². The number of carbonyl (C=O) groups is 4. The number of Topliss-reactive ketones (excluding diaryl/α,β-unsaturated/α-hetero) is 1. The standard InChI is InChI=1S/C33H42O13/c1-13(2)28(40)45-29-30(5)19-10-18(36)21-22(32(19,12-42-29)26(39)24(43-14(3)34)27(30)44-15(4)35)23(37)25(38)31(6)17(16-7-8-41-11-16)9-20-33(21,31)46-20/h7-8,11,13,17-22,24-27,29,36,38-39H,9-10,12H2,1-6H3/t17-,18+,19-,20+,21?,22+,24+,25-,26-,27+,29?,30+,31+,32-,33-/m0/s1. The third kappa shape index (κ3) is 3.69. The minimum absolute atomic E-state index is 0.00790. The molecule has 7 rings (SSSR count). The Labute approximate surface area is 265 Å². The summed E-state index contributed by atoms with van der Waals surface area (Å²) in [4.78, 5) is 52.7. The van der Waals surface area contributed by atoms with Gasteiger partial charge in [-0.2, -0.15) is 0 Å². The number of carbonyl (C=O) groups excluding carboxylic acids is 4. The molecular weight excluding hydrogens is 604 g/mol. The van der Waals surface area contributed by atoms with E-state index in [1.54, 1.807) is 33.1 Å². The minimum Gasteiger partial charge on any atom is -0.472 e. The molecule has 3 heterocycles. The van der Waals surface area contributed by atoms with Crippen LogP contribution in [0.4, 0.5) is 0 Å². The predicted molar refractivity (Wildman–Crippen MR) is 152 cm³/mol. The summed E-state index contributed by atoms with van der Waals surface area (Å²) >= 11 is 0. The predicted octanol–water partition coefficient (Wildman–Crippen LogP) is 1.25. The van der Waals surface area contributed by atoms with Crippen LogP contribution in [-0.2, 0) is 42.9 Å². The normalized spacial score (nSPS) is 50.0. The molecule has 4 saturated carbocycles. The summed E-state index contributed by atoms with van der Waals surface area (Å²) < 4.78 is 35.4. The van der Waals surface area contributed by atoms with Gasteiger partial charge in [-0.15, -0.1) is 0 Å². The monoisotopic (exact) mass is 646 g/mol. The fraction of sp³-hybridized carbons (Fsp3) is 0.758. The summed E-state index contributed by atoms with van der Waals surface area (Å²) in [5, 5.41) is 36.6. The summed E-state index contributed by atoms with van der Waals surface area (Å²) in [5.41, 5.74) is -4.51. The van der Waals surface area contributed by atoms with Gasteiger partial charge < -0.3 is 43.4 Å². The average Bonchev–Trinajstić information content (AvgIpc) is 3.31. The largest absolute Gasteiger partial charge is 0.472 e. The van der Waals surface area contributed by atoms with E-state index in [-0.39, 0.29) is 25.0 Å². The van der Waals surface area contributed by atoms with Gasteiger partial charge in [-0.25, -0.2) is 0 Å². The molecule has 2 unspecified atom stereocenters. The number of aliphatic hydroxyl groups excluding tert-OH is 3. The fourth-order valence-corrected chi connectivity index (χ4v) is 10.8. The van der Waals surface area contributed by atoms with Crippen molar-refractivity contribution >= 4 is 23.7 Å². The van der Waals surface area contributed by atoms with Crippen molar-refractivity contribution in [3.63, 3.8) is 0 Å². The molecule has 2 bridgehead atoms. The van der Waals surface area contributed by atoms with Crippen LogP contribution in [0.3, 0.4) is 0 Å². The summed E-state index contributed by atoms with van der Waals surface area (Å²) in [6.07, 6.45) is -5.37. The maximum Gasteiger partial charge on any atom is 0.310 e. The molecule has 0 aromatic carbocycles. The van der Waals surface area contributed by atoms with E-state index in [4.69, 9.17) is 28.1 Å². The van der Waals surface area contributed by atoms with Crippen LogP contribution in [0.25, 0.3) is 0 Å². The summed E-state index contributed by atoms with van der Waals surface area (Å²) in [6.45, 7) is 8.72. The van der Waals surface area contributed by atoms with Gasteiger partial charge in [0.1, 0.15) is 17.8 Å². The number of ketones is 1. The van der Waals surface area contributed by atoms with Crippen LogP contribution in [0, 0.1) is 39.9 Å². The summed E-state index contributed by atoms with van der Waals surface area (Å²) in [5.74, 6) is -6.52. The van der Waals surface area contributed by atoms with Crippen molar-refractivity contribution in [3.8, 4) is 0 Å². The van der Waals surface area contributed by atoms with Gasteiger partial charge in [-0.05, 0) is 37.3 Å². The highest BCUT2D eigenvalue weighted by Gasteiger charge is 2.89. The van der Waals surface area contributed by atoms with Gasteiger partial charge >= 0.3 is 17.9 Å². The van der Waals surface area contributed by atoms with Gasteiger partial charge in [-0.3, -0.25) is 19.2 Å². The first-order chi connectivity index (χ1) is 21.6. The van der Waals surface area contributed by atoms with Crippen molar-refractivity contribution in [2.45, 2.75) is 109 Å². The highest BCUT2D eigenvalue weighted by Crippen LogP contribution is 2.79. The highest BCUT2D eigenvalue weighted by molar-refractivity contribution is 5.90. The van der Waals surface area contributed by atoms with Gasteiger partial charge in [0, 0.05) is 42.4 Å². The molecule has 0 amide bonds. The molecule has 13 heteroatoms. The Bertz CT molecular complexity index is 1460. The molecule has 1 spiro atoms. The average molecular weight is 647 g/mol. The minimum atomic E-state index is -1.64. The second-order valence-electron chi connectivity index (χ2n) is 15.0. The smallest absolute Gasteiger partial charge is 0.310 e. The molecule has 6 fully saturated rings. The first-order valence-corrected chi connectivity index (χ1v) is 16.0. The van der Waals surface area contributed by atoms with Crippen molar-refractivity contribution in [2.75, 3.05) is 6.61 Å². The van der Waals surface area contributed by atoms with E-state index in [2.05, 4.69) is 0 Å². The fourth-order valence-electron chi connectivity index (χ4n) is 10.8. The number of esters is 3. The second-order valence-corrected chi connectivity index (χ2v) is 15.0. The van der Waals surface area contributed by atoms with Crippen LogP contribution in [0.5, 0.6) is 0 Å². The van der Waals surface area contributed by atoms with E-state index in [1.165, 1.54) is 6.26 Å². The first-order valence-electron chi connectivity index (χ1n) is 16.0. The molecule has 6 aliphatic rings. The molecule has 0 radical (unpaired) electrons. The van der Waals surface area contributed by atoms with Crippen LogP contribution in [0.1, 0.15) is 65.9 Å². The van der Waals surface area contributed by atoms with Crippen molar-refractivity contribution in [1.29, 1.82) is 0 Å². The van der Waals surface area contributed by atoms with E-state index >= 15 is 0 Å². The van der Waals surface area contributed by atoms with Crippen LogP contribution in [0.2, 0.25) is 0 Å². The number of epoxide rings is 1. The third-order valence-electron chi connectivity index (χ3n) is 12.6. The molecule has 2 aliphatic heterocycles. The molecule has 15 atom stereocenters. The first kappa shape index (κ1) is 31.7. The van der Waals surface area contributed by atoms with Crippen LogP contribution >= 0.6 is 0 Å². The van der Waals surface area contributed by atoms with E-state index in [0.29, 0.717) is 6.42 Å². The lowest BCUT2D eigenvalue weighted by molar-refractivity contribution is -0.382. The second kappa shape index (κ2) is 10.1. The quantitative estimate of drug-likeness (QED) is 0.236. The van der Waals surface area contributed by atoms with Crippen molar-refractivity contribution in [3.05, 3.63) is 24.2 Å². The molecule has 13 nitrogen and oxygen atoms in total. The molecule has 3 N–H and O–H groups in total. The van der Waals surface area contributed by atoms with Gasteiger partial charge in [0.2, 0.25) is 6.29 Å². The van der Waals surface area contributed by atoms with Crippen LogP contribution in [0.15, 0.2) is 23.0 Å². The van der Waals surface area contributed by atoms with Gasteiger partial charge in [0.05, 0.1) is 42.7 Å². The Morgan fingerprint density at radius 2 is 1.72 bits per heavy atom. The number of aliphatic hydroxyl groups is 3. The molecule has 1 aromatic rings.